The van der Waals surface area contributed by atoms with Gasteiger partial charge in [0.2, 0.25) is 0 Å². The number of esters is 4. The van der Waals surface area contributed by atoms with Crippen LogP contribution in [-0.2, 0) is 47.7 Å². The van der Waals surface area contributed by atoms with Crippen molar-refractivity contribution in [3.63, 3.8) is 0 Å². The van der Waals surface area contributed by atoms with E-state index < -0.39 is 67.9 Å². The molecule has 4 atom stereocenters. The summed E-state index contributed by atoms with van der Waals surface area (Å²) in [6.07, 6.45) is 0. The molecular formula is C18H18O10. The van der Waals surface area contributed by atoms with E-state index in [0.717, 1.165) is 28.4 Å². The molecular weight excluding hydrogens is 376 g/mol. The number of ketones is 2. The molecule has 28 heavy (non-hydrogen) atoms. The molecule has 0 aromatic rings. The minimum absolute atomic E-state index is 1.00. The number of fused-ring (bicyclic) bond motifs is 2. The average Bonchev–Trinajstić information content (AvgIpc) is 3.42. The fourth-order valence-electron chi connectivity index (χ4n) is 7.50. The molecule has 0 aliphatic heterocycles. The Morgan fingerprint density at radius 1 is 0.536 bits per heavy atom. The summed E-state index contributed by atoms with van der Waals surface area (Å²) in [6, 6.07) is 0. The predicted octanol–water partition coefficient (Wildman–Crippen LogP) is -1.17. The maximum atomic E-state index is 13.7. The van der Waals surface area contributed by atoms with Gasteiger partial charge in [0.05, 0.1) is 28.4 Å². The summed E-state index contributed by atoms with van der Waals surface area (Å²) >= 11 is 0. The number of ether oxygens (including phenoxy) is 4. The minimum Gasteiger partial charge on any atom is -0.468 e. The number of methoxy groups -OCH3 is 4. The Morgan fingerprint density at radius 3 is 0.857 bits per heavy atom. The van der Waals surface area contributed by atoms with Crippen LogP contribution in [0.4, 0.5) is 0 Å². The smallest absolute Gasteiger partial charge is 0.321 e. The Morgan fingerprint density at radius 2 is 0.714 bits per heavy atom. The van der Waals surface area contributed by atoms with Crippen LogP contribution < -0.4 is 0 Å². The molecule has 150 valence electrons. The molecule has 10 nitrogen and oxygen atoms in total. The molecule has 0 aromatic heterocycles. The van der Waals surface area contributed by atoms with Gasteiger partial charge in [0.25, 0.3) is 0 Å². The lowest BCUT2D eigenvalue weighted by Gasteiger charge is -2.32. The summed E-state index contributed by atoms with van der Waals surface area (Å²) in [6.45, 7) is 2.72. The molecule has 0 bridgehead atoms. The number of Topliss-reactive ketones (excluding diaryl/α,β-unsaturated/α-hetero) is 2. The van der Waals surface area contributed by atoms with Gasteiger partial charge < -0.3 is 18.9 Å². The highest BCUT2D eigenvalue weighted by atomic mass is 16.5. The number of carbonyl (C=O) groups excluding carboxylic acids is 6. The van der Waals surface area contributed by atoms with Gasteiger partial charge in [-0.25, -0.2) is 0 Å². The van der Waals surface area contributed by atoms with Gasteiger partial charge in [0, 0.05) is 10.8 Å². The Labute approximate surface area is 158 Å². The molecule has 4 aliphatic rings. The Kier molecular flexibility index (Phi) is 2.84. The fourth-order valence-corrected chi connectivity index (χ4v) is 7.50. The van der Waals surface area contributed by atoms with Crippen LogP contribution in [0.15, 0.2) is 0 Å². The quantitative estimate of drug-likeness (QED) is 0.325. The van der Waals surface area contributed by atoms with Crippen molar-refractivity contribution < 1.29 is 47.7 Å². The number of hydrogen-bond donors (Lipinski definition) is 0. The summed E-state index contributed by atoms with van der Waals surface area (Å²) < 4.78 is 19.1. The van der Waals surface area contributed by atoms with Gasteiger partial charge in [0.1, 0.15) is 0 Å². The summed E-state index contributed by atoms with van der Waals surface area (Å²) in [5.41, 5.74) is -12.5. The van der Waals surface area contributed by atoms with Crippen LogP contribution in [0.5, 0.6) is 0 Å². The summed E-state index contributed by atoms with van der Waals surface area (Å²) in [5, 5.41) is 0. The van der Waals surface area contributed by atoms with Gasteiger partial charge >= 0.3 is 23.9 Å². The molecule has 4 rings (SSSR count). The van der Waals surface area contributed by atoms with Gasteiger partial charge in [-0.3, -0.25) is 28.8 Å². The number of rotatable bonds is 4. The molecule has 4 saturated carbocycles. The van der Waals surface area contributed by atoms with E-state index in [0.29, 0.717) is 0 Å². The second-order valence-electron chi connectivity index (χ2n) is 7.87. The van der Waals surface area contributed by atoms with Crippen molar-refractivity contribution in [3.8, 4) is 0 Å². The van der Waals surface area contributed by atoms with E-state index in [9.17, 15) is 28.8 Å². The van der Waals surface area contributed by atoms with Crippen LogP contribution in [0.1, 0.15) is 13.8 Å². The highest BCUT2D eigenvalue weighted by molar-refractivity contribution is 6.47. The van der Waals surface area contributed by atoms with Gasteiger partial charge in [-0.2, -0.15) is 0 Å². The third-order valence-corrected chi connectivity index (χ3v) is 8.33. The molecule has 0 N–H and O–H groups in total. The normalized spacial score (nSPS) is 48.5. The van der Waals surface area contributed by atoms with Crippen molar-refractivity contribution >= 4 is 35.4 Å². The lowest BCUT2D eigenvalue weighted by atomic mass is 9.66. The summed E-state index contributed by atoms with van der Waals surface area (Å²) in [5.74, 6) is -6.61. The van der Waals surface area contributed by atoms with E-state index in [4.69, 9.17) is 18.9 Å². The maximum absolute atomic E-state index is 13.7. The Balaban J connectivity index is 2.17. The van der Waals surface area contributed by atoms with E-state index in [1.54, 1.807) is 0 Å². The van der Waals surface area contributed by atoms with Crippen LogP contribution in [0.25, 0.3) is 0 Å². The first-order valence-electron chi connectivity index (χ1n) is 8.42. The van der Waals surface area contributed by atoms with Crippen molar-refractivity contribution in [1.29, 1.82) is 0 Å². The van der Waals surface area contributed by atoms with Gasteiger partial charge in [0.15, 0.2) is 33.2 Å². The van der Waals surface area contributed by atoms with E-state index in [-0.39, 0.29) is 0 Å². The SMILES string of the molecule is COC(=O)C12C(=O)C3(C(=O)OC)C4(C(=O)OC)C(=O)C1(C(=O)OC)C2(C)C34C. The first kappa shape index (κ1) is 18.6. The number of carbonyl (C=O) groups is 6. The Hall–Kier alpha value is -2.78. The third kappa shape index (κ3) is 0.910. The highest BCUT2D eigenvalue weighted by Crippen LogP contribution is 3.11. The predicted molar refractivity (Wildman–Crippen MR) is 84.0 cm³/mol. The topological polar surface area (TPSA) is 139 Å². The van der Waals surface area contributed by atoms with E-state index in [2.05, 4.69) is 0 Å². The van der Waals surface area contributed by atoms with E-state index in [1.807, 2.05) is 0 Å². The molecule has 10 heteroatoms. The molecule has 0 saturated heterocycles. The molecule has 0 aromatic carbocycles. The van der Waals surface area contributed by atoms with E-state index >= 15 is 0 Å². The second kappa shape index (κ2) is 4.28. The maximum Gasteiger partial charge on any atom is 0.321 e. The van der Waals surface area contributed by atoms with Crippen molar-refractivity contribution in [2.45, 2.75) is 13.8 Å². The van der Waals surface area contributed by atoms with Gasteiger partial charge in [-0.15, -0.1) is 0 Å². The molecule has 0 heterocycles. The zero-order valence-corrected chi connectivity index (χ0v) is 16.1. The largest absolute Gasteiger partial charge is 0.468 e. The Bertz CT molecular complexity index is 808. The minimum atomic E-state index is -2.27. The molecule has 4 fully saturated rings. The van der Waals surface area contributed by atoms with Crippen LogP contribution in [0.3, 0.4) is 0 Å². The lowest BCUT2D eigenvalue weighted by molar-refractivity contribution is -0.179. The van der Waals surface area contributed by atoms with Crippen molar-refractivity contribution in [2.24, 2.45) is 32.5 Å². The summed E-state index contributed by atoms with van der Waals surface area (Å²) in [7, 11) is 4.01. The van der Waals surface area contributed by atoms with Gasteiger partial charge in [-0.1, -0.05) is 13.8 Å². The van der Waals surface area contributed by atoms with E-state index in [1.165, 1.54) is 13.8 Å². The molecule has 0 spiro atoms. The molecule has 0 amide bonds. The van der Waals surface area contributed by atoms with Crippen LogP contribution in [0, 0.1) is 32.5 Å². The first-order valence-corrected chi connectivity index (χ1v) is 8.42. The zero-order chi connectivity index (χ0) is 21.3. The van der Waals surface area contributed by atoms with Crippen LogP contribution in [0.2, 0.25) is 0 Å². The molecule has 0 radical (unpaired) electrons. The second-order valence-corrected chi connectivity index (χ2v) is 7.87. The zero-order valence-electron chi connectivity index (χ0n) is 16.1. The fraction of sp³-hybridized carbons (Fsp3) is 0.667. The van der Waals surface area contributed by atoms with Crippen LogP contribution >= 0.6 is 0 Å². The summed E-state index contributed by atoms with van der Waals surface area (Å²) in [4.78, 5) is 78.8. The van der Waals surface area contributed by atoms with Gasteiger partial charge in [-0.05, 0) is 0 Å². The molecule has 4 aliphatic carbocycles. The average molecular weight is 394 g/mol. The lowest BCUT2D eigenvalue weighted by Crippen LogP contribution is -2.57. The number of hydrogen-bond acceptors (Lipinski definition) is 10. The molecule has 4 unspecified atom stereocenters. The third-order valence-electron chi connectivity index (χ3n) is 8.33. The van der Waals surface area contributed by atoms with Crippen molar-refractivity contribution in [2.75, 3.05) is 28.4 Å². The first-order chi connectivity index (χ1) is 13.0. The van der Waals surface area contributed by atoms with Crippen LogP contribution in [-0.4, -0.2) is 63.9 Å². The monoisotopic (exact) mass is 394 g/mol. The highest BCUT2D eigenvalue weighted by Gasteiger charge is 3.28. The van der Waals surface area contributed by atoms with Crippen molar-refractivity contribution in [1.82, 2.24) is 0 Å². The van der Waals surface area contributed by atoms with Crippen molar-refractivity contribution in [3.05, 3.63) is 0 Å². The standard InChI is InChI=1S/C18H18O10/c1-13-14(2)17(11(23)27-5)7(19)15(13,9(21)25-3)16(13,10(22)26-4)8(20)18(14,17)12(24)28-6/h1-6H3.